The van der Waals surface area contributed by atoms with Crippen LogP contribution in [0.1, 0.15) is 16.9 Å². The van der Waals surface area contributed by atoms with Crippen LogP contribution in [-0.4, -0.2) is 35.9 Å². The van der Waals surface area contributed by atoms with Crippen LogP contribution in [0.5, 0.6) is 5.75 Å². The molecule has 0 spiro atoms. The Bertz CT molecular complexity index is 718. The van der Waals surface area contributed by atoms with Gasteiger partial charge in [0.1, 0.15) is 5.75 Å². The summed E-state index contributed by atoms with van der Waals surface area (Å²) in [5.41, 5.74) is 0.247. The minimum absolute atomic E-state index is 0.0609. The first-order chi connectivity index (χ1) is 10.2. The molecule has 6 heteroatoms. The maximum atomic E-state index is 11.9. The lowest BCUT2D eigenvalue weighted by molar-refractivity contribution is 0.0994. The zero-order valence-corrected chi connectivity index (χ0v) is 11.8. The SMILES string of the molecule is CN=CCC(=O)c1nn(-c2ccc(OC)cc2)ccc1=O. The molecule has 0 aliphatic rings. The summed E-state index contributed by atoms with van der Waals surface area (Å²) in [6.07, 6.45) is 3.04. The van der Waals surface area contributed by atoms with Crippen molar-refractivity contribution in [3.8, 4) is 11.4 Å². The van der Waals surface area contributed by atoms with Crippen molar-refractivity contribution < 1.29 is 9.53 Å². The van der Waals surface area contributed by atoms with Crippen molar-refractivity contribution in [2.45, 2.75) is 6.42 Å². The highest BCUT2D eigenvalue weighted by atomic mass is 16.5. The Morgan fingerprint density at radius 2 is 2.05 bits per heavy atom. The maximum Gasteiger partial charge on any atom is 0.211 e. The number of methoxy groups -OCH3 is 1. The van der Waals surface area contributed by atoms with Gasteiger partial charge in [-0.2, -0.15) is 5.10 Å². The number of rotatable bonds is 5. The van der Waals surface area contributed by atoms with Crippen molar-refractivity contribution in [2.24, 2.45) is 4.99 Å². The third-order valence-corrected chi connectivity index (χ3v) is 2.87. The Balaban J connectivity index is 2.37. The number of nitrogens with zero attached hydrogens (tertiary/aromatic N) is 3. The van der Waals surface area contributed by atoms with Crippen LogP contribution in [0.15, 0.2) is 46.3 Å². The van der Waals surface area contributed by atoms with E-state index in [2.05, 4.69) is 10.1 Å². The van der Waals surface area contributed by atoms with Crippen molar-refractivity contribution in [2.75, 3.05) is 14.2 Å². The average molecular weight is 285 g/mol. The molecule has 2 aromatic rings. The third kappa shape index (κ3) is 3.42. The summed E-state index contributed by atoms with van der Waals surface area (Å²) < 4.78 is 6.57. The van der Waals surface area contributed by atoms with E-state index in [-0.39, 0.29) is 17.9 Å². The second-order valence-electron chi connectivity index (χ2n) is 4.24. The fraction of sp³-hybridized carbons (Fsp3) is 0.200. The summed E-state index contributed by atoms with van der Waals surface area (Å²) >= 11 is 0. The molecule has 0 aliphatic heterocycles. The molecule has 108 valence electrons. The highest BCUT2D eigenvalue weighted by Crippen LogP contribution is 2.13. The fourth-order valence-corrected chi connectivity index (χ4v) is 1.75. The summed E-state index contributed by atoms with van der Waals surface area (Å²) in [6.45, 7) is 0. The van der Waals surface area contributed by atoms with Crippen molar-refractivity contribution in [3.63, 3.8) is 0 Å². The first-order valence-corrected chi connectivity index (χ1v) is 6.34. The zero-order chi connectivity index (χ0) is 15.2. The lowest BCUT2D eigenvalue weighted by Crippen LogP contribution is -2.20. The van der Waals surface area contributed by atoms with Gasteiger partial charge < -0.3 is 9.73 Å². The van der Waals surface area contributed by atoms with Crippen LogP contribution < -0.4 is 10.2 Å². The molecule has 0 saturated heterocycles. The molecular weight excluding hydrogens is 270 g/mol. The van der Waals surface area contributed by atoms with Gasteiger partial charge >= 0.3 is 0 Å². The Morgan fingerprint density at radius 1 is 1.33 bits per heavy atom. The highest BCUT2D eigenvalue weighted by molar-refractivity contribution is 6.02. The molecule has 0 bridgehead atoms. The molecular formula is C15H15N3O3. The van der Waals surface area contributed by atoms with Crippen LogP contribution in [-0.2, 0) is 0 Å². The predicted octanol–water partition coefficient (Wildman–Crippen LogP) is 1.51. The largest absolute Gasteiger partial charge is 0.497 e. The molecule has 6 nitrogen and oxygen atoms in total. The van der Waals surface area contributed by atoms with E-state index in [0.29, 0.717) is 0 Å². The standard InChI is InChI=1S/C15H15N3O3/c1-16-9-7-13(19)15-14(20)8-10-18(17-15)11-3-5-12(21-2)6-4-11/h3-6,8-10H,7H2,1-2H3. The van der Waals surface area contributed by atoms with Crippen LogP contribution in [0, 0.1) is 0 Å². The lowest BCUT2D eigenvalue weighted by atomic mass is 10.2. The van der Waals surface area contributed by atoms with Gasteiger partial charge in [-0.25, -0.2) is 4.68 Å². The summed E-state index contributed by atoms with van der Waals surface area (Å²) in [5.74, 6) is 0.365. The van der Waals surface area contributed by atoms with E-state index in [4.69, 9.17) is 4.74 Å². The minimum Gasteiger partial charge on any atom is -0.497 e. The Labute approximate surface area is 121 Å². The summed E-state index contributed by atoms with van der Waals surface area (Å²) in [6, 6.07) is 8.46. The number of ketones is 1. The van der Waals surface area contributed by atoms with E-state index in [1.54, 1.807) is 38.4 Å². The van der Waals surface area contributed by atoms with Gasteiger partial charge in [0.2, 0.25) is 5.43 Å². The minimum atomic E-state index is -0.394. The van der Waals surface area contributed by atoms with Crippen molar-refractivity contribution in [3.05, 3.63) is 52.4 Å². The second kappa shape index (κ2) is 6.60. The molecule has 0 aliphatic carbocycles. The van der Waals surface area contributed by atoms with Crippen molar-refractivity contribution >= 4 is 12.0 Å². The molecule has 0 radical (unpaired) electrons. The summed E-state index contributed by atoms with van der Waals surface area (Å²) in [7, 11) is 3.15. The Kier molecular flexibility index (Phi) is 4.61. The van der Waals surface area contributed by atoms with E-state index < -0.39 is 5.43 Å². The first-order valence-electron chi connectivity index (χ1n) is 6.34. The van der Waals surface area contributed by atoms with Gasteiger partial charge in [0.05, 0.1) is 12.8 Å². The maximum absolute atomic E-state index is 11.9. The van der Waals surface area contributed by atoms with Gasteiger partial charge in [-0.05, 0) is 24.3 Å². The van der Waals surface area contributed by atoms with Crippen LogP contribution in [0.4, 0.5) is 0 Å². The summed E-state index contributed by atoms with van der Waals surface area (Å²) in [5, 5.41) is 4.10. The highest BCUT2D eigenvalue weighted by Gasteiger charge is 2.12. The van der Waals surface area contributed by atoms with Crippen LogP contribution >= 0.6 is 0 Å². The van der Waals surface area contributed by atoms with Gasteiger partial charge in [0.25, 0.3) is 0 Å². The number of carbonyl (C=O) groups is 1. The van der Waals surface area contributed by atoms with Gasteiger partial charge in [0.15, 0.2) is 11.5 Å². The van der Waals surface area contributed by atoms with Gasteiger partial charge in [-0.3, -0.25) is 9.59 Å². The average Bonchev–Trinajstić information content (AvgIpc) is 2.53. The zero-order valence-electron chi connectivity index (χ0n) is 11.8. The number of aliphatic imine (C=N–C) groups is 1. The third-order valence-electron chi connectivity index (χ3n) is 2.87. The molecule has 2 rings (SSSR count). The summed E-state index contributed by atoms with van der Waals surface area (Å²) in [4.78, 5) is 27.4. The van der Waals surface area contributed by atoms with Crippen molar-refractivity contribution in [1.82, 2.24) is 9.78 Å². The monoisotopic (exact) mass is 285 g/mol. The number of ether oxygens (including phenoxy) is 1. The van der Waals surface area contributed by atoms with Crippen molar-refractivity contribution in [1.29, 1.82) is 0 Å². The second-order valence-corrected chi connectivity index (χ2v) is 4.24. The van der Waals surface area contributed by atoms with Gasteiger partial charge in [0, 0.05) is 31.9 Å². The number of carbonyl (C=O) groups excluding carboxylic acids is 1. The Morgan fingerprint density at radius 3 is 2.67 bits per heavy atom. The normalized spacial score (nSPS) is 10.8. The molecule has 1 heterocycles. The lowest BCUT2D eigenvalue weighted by Gasteiger charge is -2.07. The quantitative estimate of drug-likeness (QED) is 0.616. The van der Waals surface area contributed by atoms with Crippen LogP contribution in [0.25, 0.3) is 5.69 Å². The molecule has 1 aromatic carbocycles. The molecule has 1 aromatic heterocycles. The Hall–Kier alpha value is -2.76. The van der Waals surface area contributed by atoms with Crippen LogP contribution in [0.2, 0.25) is 0 Å². The number of benzene rings is 1. The first kappa shape index (κ1) is 14.6. The number of hydrogen-bond acceptors (Lipinski definition) is 5. The molecule has 0 atom stereocenters. The van der Waals surface area contributed by atoms with E-state index in [1.807, 2.05) is 0 Å². The number of hydrogen-bond donors (Lipinski definition) is 0. The van der Waals surface area contributed by atoms with Crippen LogP contribution in [0.3, 0.4) is 0 Å². The molecule has 21 heavy (non-hydrogen) atoms. The van der Waals surface area contributed by atoms with Gasteiger partial charge in [-0.15, -0.1) is 0 Å². The predicted molar refractivity (Wildman–Crippen MR) is 79.7 cm³/mol. The molecule has 0 fully saturated rings. The smallest absolute Gasteiger partial charge is 0.211 e. The molecule has 0 N–H and O–H groups in total. The van der Waals surface area contributed by atoms with E-state index in [9.17, 15) is 9.59 Å². The fourth-order valence-electron chi connectivity index (χ4n) is 1.75. The molecule has 0 saturated carbocycles. The van der Waals surface area contributed by atoms with Gasteiger partial charge in [-0.1, -0.05) is 0 Å². The number of Topliss-reactive ketones (excluding diaryl/α,β-unsaturated/α-hetero) is 1. The molecule has 0 amide bonds. The molecule has 0 unspecified atom stereocenters. The van der Waals surface area contributed by atoms with E-state index >= 15 is 0 Å². The van der Waals surface area contributed by atoms with E-state index in [0.717, 1.165) is 11.4 Å². The van der Waals surface area contributed by atoms with E-state index in [1.165, 1.54) is 23.2 Å². The topological polar surface area (TPSA) is 73.6 Å². The number of aromatic nitrogens is 2.